The van der Waals surface area contributed by atoms with Gasteiger partial charge in [0, 0.05) is 35.8 Å². The van der Waals surface area contributed by atoms with Crippen LogP contribution in [-0.2, 0) is 11.8 Å². The van der Waals surface area contributed by atoms with E-state index in [0.717, 1.165) is 41.8 Å². The molecule has 1 saturated heterocycles. The Morgan fingerprint density at radius 2 is 1.59 bits per heavy atom. The summed E-state index contributed by atoms with van der Waals surface area (Å²) in [4.78, 5) is 27.8. The molecule has 2 aliphatic rings. The van der Waals surface area contributed by atoms with Crippen LogP contribution in [0.3, 0.4) is 0 Å². The minimum absolute atomic E-state index is 0.0811. The molecule has 1 fully saturated rings. The van der Waals surface area contributed by atoms with Crippen molar-refractivity contribution in [2.24, 2.45) is 5.92 Å². The Bertz CT molecular complexity index is 1740. The molecule has 1 aromatic heterocycles. The third-order valence-corrected chi connectivity index (χ3v) is 8.28. The average Bonchev–Trinajstić information content (AvgIpc) is 3.57. The number of hydrogen-bond acceptors (Lipinski definition) is 5. The summed E-state index contributed by atoms with van der Waals surface area (Å²) >= 11 is 0. The fourth-order valence-electron chi connectivity index (χ4n) is 5.66. The quantitative estimate of drug-likeness (QED) is 0.230. The lowest BCUT2D eigenvalue weighted by atomic mass is 9.90. The van der Waals surface area contributed by atoms with Crippen LogP contribution in [0.15, 0.2) is 72.8 Å². The van der Waals surface area contributed by atoms with E-state index in [9.17, 15) is 18.4 Å². The van der Waals surface area contributed by atoms with E-state index < -0.39 is 6.29 Å². The number of rotatable bonds is 6. The minimum atomic E-state index is -3.72. The molecule has 0 saturated carbocycles. The molecular formula is C35H37F2N5O4. The number of piperidine rings is 1. The number of fused-ring (bicyclic) bond motifs is 1. The maximum absolute atomic E-state index is 13.4. The average molecular weight is 630 g/mol. The number of halogens is 2. The Morgan fingerprint density at radius 1 is 0.913 bits per heavy atom. The van der Waals surface area contributed by atoms with Crippen molar-refractivity contribution >= 4 is 23.4 Å². The van der Waals surface area contributed by atoms with Gasteiger partial charge in [0.1, 0.15) is 5.82 Å². The minimum Gasteiger partial charge on any atom is -0.395 e. The zero-order valence-corrected chi connectivity index (χ0v) is 26.3. The van der Waals surface area contributed by atoms with Crippen LogP contribution < -0.4 is 20.1 Å². The second-order valence-electron chi connectivity index (χ2n) is 13.0. The summed E-state index contributed by atoms with van der Waals surface area (Å²) in [6.07, 6.45) is -1.23. The Balaban J connectivity index is 1.02. The highest BCUT2D eigenvalue weighted by Gasteiger charge is 2.43. The second kappa shape index (κ2) is 12.1. The topological polar surface area (TPSA) is 97.7 Å². The number of carbonyl (C=O) groups excluding carboxylic acids is 2. The number of anilines is 2. The largest absolute Gasteiger partial charge is 0.586 e. The van der Waals surface area contributed by atoms with E-state index in [1.807, 2.05) is 61.5 Å². The van der Waals surface area contributed by atoms with Gasteiger partial charge in [-0.3, -0.25) is 10.1 Å². The lowest BCUT2D eigenvalue weighted by molar-refractivity contribution is -0.286. The van der Waals surface area contributed by atoms with E-state index in [4.69, 9.17) is 5.10 Å². The summed E-state index contributed by atoms with van der Waals surface area (Å²) in [5, 5.41) is 10.6. The number of nitrogens with one attached hydrogen (secondary N) is 2. The summed E-state index contributed by atoms with van der Waals surface area (Å²) in [6.45, 7) is 9.41. The highest BCUT2D eigenvalue weighted by atomic mass is 19.3. The Hall–Kier alpha value is -4.93. The number of alkyl halides is 2. The first kappa shape index (κ1) is 31.1. The third-order valence-electron chi connectivity index (χ3n) is 8.28. The van der Waals surface area contributed by atoms with Crippen molar-refractivity contribution in [2.75, 3.05) is 23.7 Å². The van der Waals surface area contributed by atoms with E-state index in [1.165, 1.54) is 18.2 Å². The predicted octanol–water partition coefficient (Wildman–Crippen LogP) is 7.54. The number of benzene rings is 3. The van der Waals surface area contributed by atoms with E-state index in [-0.39, 0.29) is 28.9 Å². The van der Waals surface area contributed by atoms with Gasteiger partial charge in [-0.2, -0.15) is 5.10 Å². The van der Waals surface area contributed by atoms with E-state index in [0.29, 0.717) is 36.1 Å². The molecule has 3 aromatic carbocycles. The van der Waals surface area contributed by atoms with Crippen LogP contribution in [0.2, 0.25) is 0 Å². The van der Waals surface area contributed by atoms with Gasteiger partial charge in [0.25, 0.3) is 5.91 Å². The number of carbonyl (C=O) groups is 2. The first-order chi connectivity index (χ1) is 21.8. The smallest absolute Gasteiger partial charge is 0.395 e. The summed E-state index contributed by atoms with van der Waals surface area (Å²) in [6, 6.07) is 21.4. The number of likely N-dealkylation sites (tertiary alicyclic amines) is 1. The summed E-state index contributed by atoms with van der Waals surface area (Å²) in [5.74, 6) is 0.533. The molecule has 46 heavy (non-hydrogen) atoms. The maximum Gasteiger partial charge on any atom is 0.586 e. The van der Waals surface area contributed by atoms with Gasteiger partial charge in [0.05, 0.1) is 11.4 Å². The standard InChI is InChI=1S/C35H37F2N5O4/c1-22-5-12-27(13-6-22)42-31(21-30(40-42)34(2,3)4)39-33(44)38-26-10-7-23(8-11-26)19-24-15-17-41(18-16-24)32(43)25-9-14-28-29(20-25)46-35(36,37)45-28/h5-14,20-21,24H,15-19H2,1-4H3,(H2,38,39,44). The molecule has 0 bridgehead atoms. The van der Waals surface area contributed by atoms with Crippen molar-refractivity contribution in [3.8, 4) is 17.2 Å². The van der Waals surface area contributed by atoms with Crippen LogP contribution in [0.1, 0.15) is 60.8 Å². The Labute approximate surface area is 266 Å². The number of aromatic nitrogens is 2. The van der Waals surface area contributed by atoms with Crippen LogP contribution in [0.25, 0.3) is 5.69 Å². The fraction of sp³-hybridized carbons (Fsp3) is 0.343. The number of nitrogens with zero attached hydrogens (tertiary/aromatic N) is 3. The molecule has 3 heterocycles. The zero-order valence-electron chi connectivity index (χ0n) is 26.3. The SMILES string of the molecule is Cc1ccc(-n2nc(C(C)(C)C)cc2NC(=O)Nc2ccc(CC3CCN(C(=O)c4ccc5c(c4)OC(F)(F)O5)CC3)cc2)cc1. The molecule has 0 spiro atoms. The van der Waals surface area contributed by atoms with Crippen LogP contribution >= 0.6 is 0 Å². The van der Waals surface area contributed by atoms with Crippen molar-refractivity contribution in [3.63, 3.8) is 0 Å². The molecule has 2 N–H and O–H groups in total. The van der Waals surface area contributed by atoms with E-state index >= 15 is 0 Å². The molecular weight excluding hydrogens is 592 g/mol. The van der Waals surface area contributed by atoms with Crippen molar-refractivity contribution in [2.45, 2.75) is 58.7 Å². The van der Waals surface area contributed by atoms with Gasteiger partial charge in [-0.05, 0) is 80.1 Å². The molecule has 0 radical (unpaired) electrons. The van der Waals surface area contributed by atoms with Gasteiger partial charge in [0.2, 0.25) is 0 Å². The number of urea groups is 1. The molecule has 0 aliphatic carbocycles. The summed E-state index contributed by atoms with van der Waals surface area (Å²) < 4.78 is 37.4. The van der Waals surface area contributed by atoms with Gasteiger partial charge in [-0.15, -0.1) is 8.78 Å². The third kappa shape index (κ3) is 6.98. The van der Waals surface area contributed by atoms with Crippen LogP contribution in [0, 0.1) is 12.8 Å². The van der Waals surface area contributed by atoms with Gasteiger partial charge < -0.3 is 19.7 Å². The van der Waals surface area contributed by atoms with E-state index in [2.05, 4.69) is 40.9 Å². The van der Waals surface area contributed by atoms with Crippen LogP contribution in [0.4, 0.5) is 25.1 Å². The van der Waals surface area contributed by atoms with Gasteiger partial charge >= 0.3 is 12.3 Å². The molecule has 240 valence electrons. The predicted molar refractivity (Wildman–Crippen MR) is 171 cm³/mol. The van der Waals surface area contributed by atoms with Crippen molar-refractivity contribution in [1.29, 1.82) is 0 Å². The Morgan fingerprint density at radius 3 is 2.26 bits per heavy atom. The first-order valence-corrected chi connectivity index (χ1v) is 15.4. The lowest BCUT2D eigenvalue weighted by Gasteiger charge is -2.32. The monoisotopic (exact) mass is 629 g/mol. The van der Waals surface area contributed by atoms with Crippen LogP contribution in [0.5, 0.6) is 11.5 Å². The number of aryl methyl sites for hydroxylation is 1. The molecule has 9 nitrogen and oxygen atoms in total. The van der Waals surface area contributed by atoms with Gasteiger partial charge in [-0.1, -0.05) is 50.6 Å². The molecule has 4 aromatic rings. The number of hydrogen-bond donors (Lipinski definition) is 2. The normalized spacial score (nSPS) is 15.9. The molecule has 3 amide bonds. The molecule has 6 rings (SSSR count). The highest BCUT2D eigenvalue weighted by molar-refractivity contribution is 5.99. The van der Waals surface area contributed by atoms with E-state index in [1.54, 1.807) is 9.58 Å². The highest BCUT2D eigenvalue weighted by Crippen LogP contribution is 2.41. The fourth-order valence-corrected chi connectivity index (χ4v) is 5.66. The number of ether oxygens (including phenoxy) is 2. The zero-order chi connectivity index (χ0) is 32.6. The second-order valence-corrected chi connectivity index (χ2v) is 13.0. The summed E-state index contributed by atoms with van der Waals surface area (Å²) in [5.41, 5.74) is 4.76. The van der Waals surface area contributed by atoms with Crippen molar-refractivity contribution in [3.05, 3.63) is 95.2 Å². The molecule has 0 atom stereocenters. The first-order valence-electron chi connectivity index (χ1n) is 15.4. The lowest BCUT2D eigenvalue weighted by Crippen LogP contribution is -2.38. The van der Waals surface area contributed by atoms with Crippen molar-refractivity contribution < 1.29 is 27.8 Å². The van der Waals surface area contributed by atoms with Gasteiger partial charge in [0.15, 0.2) is 11.5 Å². The molecule has 11 heteroatoms. The van der Waals surface area contributed by atoms with Gasteiger partial charge in [-0.25, -0.2) is 9.48 Å². The number of amides is 3. The molecule has 2 aliphatic heterocycles. The van der Waals surface area contributed by atoms with Crippen molar-refractivity contribution in [1.82, 2.24) is 14.7 Å². The Kier molecular flexibility index (Phi) is 8.18. The van der Waals surface area contributed by atoms with Crippen LogP contribution in [-0.4, -0.2) is 46.0 Å². The molecule has 0 unspecified atom stereocenters. The summed E-state index contributed by atoms with van der Waals surface area (Å²) in [7, 11) is 0. The maximum atomic E-state index is 13.4.